The molecule has 0 spiro atoms. The lowest BCUT2D eigenvalue weighted by molar-refractivity contribution is -0.0327. The Hall–Kier alpha value is -1.96. The van der Waals surface area contributed by atoms with Gasteiger partial charge in [-0.25, -0.2) is 5.90 Å². The zero-order valence-electron chi connectivity index (χ0n) is 15.7. The van der Waals surface area contributed by atoms with E-state index in [9.17, 15) is 9.59 Å². The van der Waals surface area contributed by atoms with E-state index in [0.29, 0.717) is 26.4 Å². The molecule has 0 atom stereocenters. The minimum atomic E-state index is -0.657. The van der Waals surface area contributed by atoms with Crippen LogP contribution in [0, 0.1) is 0 Å². The molecule has 8 N–H and O–H groups in total. The molecule has 0 aromatic heterocycles. The predicted molar refractivity (Wildman–Crippen MR) is 97.3 cm³/mol. The lowest BCUT2D eigenvalue weighted by Gasteiger charge is -1.99. The molecule has 0 radical (unpaired) electrons. The quantitative estimate of drug-likeness (QED) is 0.133. The molecule has 1 aromatic rings. The zero-order chi connectivity index (χ0) is 21.1. The first-order chi connectivity index (χ1) is 13.0. The monoisotopic (exact) mass is 390 g/mol. The van der Waals surface area contributed by atoms with Gasteiger partial charge in [-0.2, -0.15) is 0 Å². The van der Waals surface area contributed by atoms with Gasteiger partial charge in [0.1, 0.15) is 0 Å². The topological polar surface area (TPSA) is 184 Å². The molecule has 1 aliphatic rings. The van der Waals surface area contributed by atoms with E-state index in [0.717, 1.165) is 6.61 Å². The first kappa shape index (κ1) is 27.3. The van der Waals surface area contributed by atoms with Crippen molar-refractivity contribution in [3.05, 3.63) is 35.4 Å². The van der Waals surface area contributed by atoms with E-state index in [2.05, 4.69) is 22.4 Å². The number of benzene rings is 1. The minimum Gasteiger partial charge on any atom is -0.394 e. The average molecular weight is 390 g/mol. The van der Waals surface area contributed by atoms with Crippen LogP contribution in [0.5, 0.6) is 0 Å². The molecule has 11 nitrogen and oxygen atoms in total. The summed E-state index contributed by atoms with van der Waals surface area (Å²) in [7, 11) is 0. The predicted octanol–water partition coefficient (Wildman–Crippen LogP) is -0.581. The van der Waals surface area contributed by atoms with E-state index >= 15 is 0 Å². The molecule has 156 valence electrons. The SMILES string of the molecule is CCOCCO.CCOCCON.NN.O=C1c2ccccc2C(=O)N1O. The number of hydroxylamine groups is 2. The van der Waals surface area contributed by atoms with Crippen LogP contribution in [0.25, 0.3) is 0 Å². The van der Waals surface area contributed by atoms with Crippen molar-refractivity contribution in [3.8, 4) is 0 Å². The second-order valence-corrected chi connectivity index (χ2v) is 4.46. The maximum absolute atomic E-state index is 11.1. The highest BCUT2D eigenvalue weighted by molar-refractivity contribution is 6.20. The normalized spacial score (nSPS) is 11.4. The molecule has 1 aromatic carbocycles. The van der Waals surface area contributed by atoms with Gasteiger partial charge in [0.15, 0.2) is 0 Å². The van der Waals surface area contributed by atoms with Crippen molar-refractivity contribution in [1.82, 2.24) is 5.06 Å². The summed E-state index contributed by atoms with van der Waals surface area (Å²) in [6.07, 6.45) is 0. The number of amides is 2. The van der Waals surface area contributed by atoms with Gasteiger partial charge < -0.3 is 19.4 Å². The molecule has 11 heteroatoms. The van der Waals surface area contributed by atoms with Crippen molar-refractivity contribution < 1.29 is 34.2 Å². The van der Waals surface area contributed by atoms with Gasteiger partial charge in [-0.3, -0.25) is 26.5 Å². The Morgan fingerprint density at radius 2 is 1.37 bits per heavy atom. The molecule has 2 rings (SSSR count). The van der Waals surface area contributed by atoms with Crippen molar-refractivity contribution in [2.45, 2.75) is 13.8 Å². The first-order valence-electron chi connectivity index (χ1n) is 8.13. The van der Waals surface area contributed by atoms with Gasteiger partial charge in [-0.1, -0.05) is 12.1 Å². The Morgan fingerprint density at radius 1 is 0.926 bits per heavy atom. The summed E-state index contributed by atoms with van der Waals surface area (Å²) in [6, 6.07) is 6.30. The summed E-state index contributed by atoms with van der Waals surface area (Å²) >= 11 is 0. The fourth-order valence-corrected chi connectivity index (χ4v) is 1.64. The highest BCUT2D eigenvalue weighted by Gasteiger charge is 2.33. The maximum atomic E-state index is 11.1. The number of ether oxygens (including phenoxy) is 2. The number of rotatable bonds is 7. The van der Waals surface area contributed by atoms with E-state index in [1.807, 2.05) is 13.8 Å². The van der Waals surface area contributed by atoms with E-state index in [4.69, 9.17) is 19.8 Å². The summed E-state index contributed by atoms with van der Waals surface area (Å²) in [4.78, 5) is 26.3. The molecule has 0 aliphatic carbocycles. The summed E-state index contributed by atoms with van der Waals surface area (Å²) < 4.78 is 9.60. The molecular weight excluding hydrogens is 360 g/mol. The fraction of sp³-hybridized carbons (Fsp3) is 0.500. The van der Waals surface area contributed by atoms with E-state index in [1.165, 1.54) is 12.1 Å². The molecule has 0 bridgehead atoms. The van der Waals surface area contributed by atoms with Gasteiger partial charge in [0.2, 0.25) is 0 Å². The first-order valence-corrected chi connectivity index (χ1v) is 8.13. The zero-order valence-corrected chi connectivity index (χ0v) is 15.7. The second kappa shape index (κ2) is 18.8. The van der Waals surface area contributed by atoms with Crippen molar-refractivity contribution in [1.29, 1.82) is 0 Å². The fourth-order valence-electron chi connectivity index (χ4n) is 1.64. The highest BCUT2D eigenvalue weighted by Crippen LogP contribution is 2.19. The van der Waals surface area contributed by atoms with Gasteiger partial charge in [0, 0.05) is 13.2 Å². The average Bonchev–Trinajstić information content (AvgIpc) is 2.94. The molecule has 0 fully saturated rings. The Balaban J connectivity index is 0. The number of carbonyl (C=O) groups excluding carboxylic acids is 2. The second-order valence-electron chi connectivity index (χ2n) is 4.46. The third kappa shape index (κ3) is 11.4. The number of fused-ring (bicyclic) bond motifs is 1. The summed E-state index contributed by atoms with van der Waals surface area (Å²) in [6.45, 7) is 6.92. The van der Waals surface area contributed by atoms with Crippen LogP contribution in [0.4, 0.5) is 0 Å². The van der Waals surface area contributed by atoms with Gasteiger partial charge in [0.25, 0.3) is 11.8 Å². The third-order valence-corrected chi connectivity index (χ3v) is 2.76. The number of nitrogens with two attached hydrogens (primary N) is 3. The highest BCUT2D eigenvalue weighted by atomic mass is 16.6. The third-order valence-electron chi connectivity index (χ3n) is 2.76. The summed E-state index contributed by atoms with van der Waals surface area (Å²) in [5, 5.41) is 17.1. The lowest BCUT2D eigenvalue weighted by atomic mass is 10.1. The smallest absolute Gasteiger partial charge is 0.285 e. The lowest BCUT2D eigenvalue weighted by Crippen LogP contribution is -2.25. The number of aliphatic hydroxyl groups is 1. The van der Waals surface area contributed by atoms with Crippen LogP contribution in [0.2, 0.25) is 0 Å². The number of aliphatic hydroxyl groups excluding tert-OH is 1. The van der Waals surface area contributed by atoms with Crippen LogP contribution in [0.15, 0.2) is 24.3 Å². The van der Waals surface area contributed by atoms with Crippen LogP contribution < -0.4 is 17.6 Å². The molecule has 0 unspecified atom stereocenters. The van der Waals surface area contributed by atoms with Crippen LogP contribution in [-0.4, -0.2) is 66.8 Å². The number of hydrogen-bond acceptors (Lipinski definition) is 10. The van der Waals surface area contributed by atoms with Gasteiger partial charge >= 0.3 is 0 Å². The van der Waals surface area contributed by atoms with Gasteiger partial charge in [-0.15, -0.1) is 5.06 Å². The Bertz CT molecular complexity index is 474. The van der Waals surface area contributed by atoms with E-state index in [1.54, 1.807) is 12.1 Å². The van der Waals surface area contributed by atoms with Gasteiger partial charge in [0.05, 0.1) is 37.6 Å². The standard InChI is InChI=1S/C8H5NO3.C4H11NO2.C4H10O2.H4N2/c10-7-5-3-1-2-4-6(5)8(11)9(7)12;1-2-6-3-4-7-5;1-2-6-4-3-5;1-2/h1-4,12H;2-5H2,1H3;5H,2-4H2,1H3;1-2H2. The number of hydrazine groups is 1. The molecule has 27 heavy (non-hydrogen) atoms. The maximum Gasteiger partial charge on any atom is 0.285 e. The molecular formula is C16H30N4O7. The van der Waals surface area contributed by atoms with Crippen LogP contribution in [-0.2, 0) is 14.3 Å². The van der Waals surface area contributed by atoms with E-state index < -0.39 is 11.8 Å². The van der Waals surface area contributed by atoms with Crippen molar-refractivity contribution in [2.24, 2.45) is 17.6 Å². The molecule has 1 aliphatic heterocycles. The number of hydrogen-bond donors (Lipinski definition) is 5. The Morgan fingerprint density at radius 3 is 1.70 bits per heavy atom. The van der Waals surface area contributed by atoms with E-state index in [-0.39, 0.29) is 22.8 Å². The largest absolute Gasteiger partial charge is 0.394 e. The number of imide groups is 1. The molecule has 0 saturated carbocycles. The van der Waals surface area contributed by atoms with Crippen LogP contribution in [0.1, 0.15) is 34.6 Å². The number of carbonyl (C=O) groups is 2. The molecule has 2 amide bonds. The van der Waals surface area contributed by atoms with Crippen molar-refractivity contribution in [2.75, 3.05) is 39.6 Å². The minimum absolute atomic E-state index is 0.130. The molecule has 0 saturated heterocycles. The van der Waals surface area contributed by atoms with Gasteiger partial charge in [-0.05, 0) is 26.0 Å². The Kier molecular flexibility index (Phi) is 19.0. The van der Waals surface area contributed by atoms with Crippen molar-refractivity contribution >= 4 is 11.8 Å². The molecule has 1 heterocycles. The Labute approximate surface area is 158 Å². The number of nitrogens with zero attached hydrogens (tertiary/aromatic N) is 1. The van der Waals surface area contributed by atoms with Crippen LogP contribution in [0.3, 0.4) is 0 Å². The summed E-state index contributed by atoms with van der Waals surface area (Å²) in [5.41, 5.74) is 0.509. The summed E-state index contributed by atoms with van der Waals surface area (Å²) in [5.74, 6) is 11.4. The van der Waals surface area contributed by atoms with Crippen LogP contribution >= 0.6 is 0 Å². The van der Waals surface area contributed by atoms with Crippen molar-refractivity contribution in [3.63, 3.8) is 0 Å².